The van der Waals surface area contributed by atoms with Crippen LogP contribution in [0.3, 0.4) is 0 Å². The lowest BCUT2D eigenvalue weighted by molar-refractivity contribution is 0.403. The van der Waals surface area contributed by atoms with Gasteiger partial charge in [0.15, 0.2) is 11.5 Å². The van der Waals surface area contributed by atoms with Crippen LogP contribution in [0.15, 0.2) is 24.3 Å². The maximum absolute atomic E-state index is 9.10. The summed E-state index contributed by atoms with van der Waals surface area (Å²) >= 11 is 4.00. The number of hydrogen-bond donors (Lipinski definition) is 3. The minimum Gasteiger partial charge on any atom is -0.504 e. The van der Waals surface area contributed by atoms with E-state index in [1.54, 1.807) is 6.07 Å². The smallest absolute Gasteiger partial charge is 0.157 e. The Balaban J connectivity index is 2.89. The van der Waals surface area contributed by atoms with Gasteiger partial charge in [-0.3, -0.25) is 0 Å². The largest absolute Gasteiger partial charge is 0.504 e. The Labute approximate surface area is 76.6 Å². The lowest BCUT2D eigenvalue weighted by Crippen LogP contribution is -1.73. The van der Waals surface area contributed by atoms with Crippen molar-refractivity contribution in [1.82, 2.24) is 0 Å². The first kappa shape index (κ1) is 9.00. The van der Waals surface area contributed by atoms with Gasteiger partial charge in [-0.25, -0.2) is 0 Å². The van der Waals surface area contributed by atoms with E-state index in [4.69, 9.17) is 10.2 Å². The van der Waals surface area contributed by atoms with E-state index in [0.29, 0.717) is 5.75 Å². The Bertz CT molecular complexity index is 295. The molecule has 0 unspecified atom stereocenters. The van der Waals surface area contributed by atoms with Gasteiger partial charge < -0.3 is 10.2 Å². The molecule has 0 aliphatic rings. The third-order valence-electron chi connectivity index (χ3n) is 1.42. The molecule has 0 saturated heterocycles. The summed E-state index contributed by atoms with van der Waals surface area (Å²) in [6.45, 7) is 0. The molecule has 0 bridgehead atoms. The number of rotatable bonds is 2. The number of aromatic hydroxyl groups is 2. The number of phenols is 2. The van der Waals surface area contributed by atoms with Gasteiger partial charge in [0.2, 0.25) is 0 Å². The van der Waals surface area contributed by atoms with E-state index in [1.807, 2.05) is 12.2 Å². The van der Waals surface area contributed by atoms with E-state index >= 15 is 0 Å². The lowest BCUT2D eigenvalue weighted by atomic mass is 10.2. The molecule has 0 fully saturated rings. The second-order valence-corrected chi connectivity index (χ2v) is 2.70. The zero-order chi connectivity index (χ0) is 8.97. The van der Waals surface area contributed by atoms with Gasteiger partial charge in [-0.05, 0) is 17.7 Å². The molecule has 0 saturated carbocycles. The predicted molar refractivity (Wildman–Crippen MR) is 52.7 cm³/mol. The quantitative estimate of drug-likeness (QED) is 0.484. The third kappa shape index (κ3) is 2.20. The van der Waals surface area contributed by atoms with E-state index < -0.39 is 0 Å². The van der Waals surface area contributed by atoms with Crippen LogP contribution >= 0.6 is 12.6 Å². The van der Waals surface area contributed by atoms with Crippen LogP contribution in [0, 0.1) is 0 Å². The second kappa shape index (κ2) is 4.07. The molecule has 64 valence electrons. The van der Waals surface area contributed by atoms with Crippen LogP contribution in [0.4, 0.5) is 0 Å². The zero-order valence-electron chi connectivity index (χ0n) is 6.44. The molecule has 1 aromatic rings. The van der Waals surface area contributed by atoms with Gasteiger partial charge in [0.25, 0.3) is 0 Å². The average Bonchev–Trinajstić information content (AvgIpc) is 2.07. The maximum Gasteiger partial charge on any atom is 0.157 e. The standard InChI is InChI=1S/C9H10O2S/c10-8-4-3-7(2-1-5-12)6-9(8)11/h1-4,6,10-12H,5H2. The van der Waals surface area contributed by atoms with Gasteiger partial charge in [-0.15, -0.1) is 0 Å². The molecule has 2 nitrogen and oxygen atoms in total. The summed E-state index contributed by atoms with van der Waals surface area (Å²) in [6, 6.07) is 4.66. The van der Waals surface area contributed by atoms with Gasteiger partial charge in [0.1, 0.15) is 0 Å². The van der Waals surface area contributed by atoms with Gasteiger partial charge in [-0.2, -0.15) is 12.6 Å². The van der Waals surface area contributed by atoms with E-state index in [2.05, 4.69) is 12.6 Å². The summed E-state index contributed by atoms with van der Waals surface area (Å²) in [7, 11) is 0. The van der Waals surface area contributed by atoms with Crippen molar-refractivity contribution in [2.75, 3.05) is 5.75 Å². The summed E-state index contributed by atoms with van der Waals surface area (Å²) in [5.74, 6) is 0.455. The third-order valence-corrected chi connectivity index (χ3v) is 1.63. The highest BCUT2D eigenvalue weighted by Crippen LogP contribution is 2.25. The fourth-order valence-electron chi connectivity index (χ4n) is 0.833. The molecule has 12 heavy (non-hydrogen) atoms. The molecule has 0 spiro atoms. The topological polar surface area (TPSA) is 40.5 Å². The molecule has 0 atom stereocenters. The van der Waals surface area contributed by atoms with Crippen LogP contribution in [-0.2, 0) is 0 Å². The number of benzene rings is 1. The van der Waals surface area contributed by atoms with Crippen molar-refractivity contribution in [1.29, 1.82) is 0 Å². The van der Waals surface area contributed by atoms with Crippen molar-refractivity contribution < 1.29 is 10.2 Å². The van der Waals surface area contributed by atoms with Crippen LogP contribution in [0.1, 0.15) is 5.56 Å². The number of phenolic OH excluding ortho intramolecular Hbond substituents is 2. The van der Waals surface area contributed by atoms with Gasteiger partial charge in [0, 0.05) is 5.75 Å². The molecule has 0 radical (unpaired) electrons. The Morgan fingerprint density at radius 3 is 2.58 bits per heavy atom. The first-order valence-electron chi connectivity index (χ1n) is 3.53. The van der Waals surface area contributed by atoms with Crippen LogP contribution < -0.4 is 0 Å². The highest BCUT2D eigenvalue weighted by molar-refractivity contribution is 7.80. The molecule has 3 heteroatoms. The second-order valence-electron chi connectivity index (χ2n) is 2.33. The fourth-order valence-corrected chi connectivity index (χ4v) is 0.938. The van der Waals surface area contributed by atoms with E-state index in [1.165, 1.54) is 12.1 Å². The zero-order valence-corrected chi connectivity index (χ0v) is 7.33. The van der Waals surface area contributed by atoms with Crippen LogP contribution in [0.2, 0.25) is 0 Å². The molecule has 0 aliphatic heterocycles. The average molecular weight is 182 g/mol. The fraction of sp³-hybridized carbons (Fsp3) is 0.111. The number of thiol groups is 1. The minimum atomic E-state index is -0.101. The van der Waals surface area contributed by atoms with E-state index in [0.717, 1.165) is 5.56 Å². The summed E-state index contributed by atoms with van der Waals surface area (Å²) in [4.78, 5) is 0. The Morgan fingerprint density at radius 2 is 2.00 bits per heavy atom. The summed E-state index contributed by atoms with van der Waals surface area (Å²) in [6.07, 6.45) is 3.68. The molecule has 1 rings (SSSR count). The predicted octanol–water partition coefficient (Wildman–Crippen LogP) is 2.04. The van der Waals surface area contributed by atoms with Gasteiger partial charge >= 0.3 is 0 Å². The Hall–Kier alpha value is -1.09. The molecular weight excluding hydrogens is 172 g/mol. The van der Waals surface area contributed by atoms with Crippen molar-refractivity contribution in [2.24, 2.45) is 0 Å². The first-order chi connectivity index (χ1) is 5.74. The monoisotopic (exact) mass is 182 g/mol. The summed E-state index contributed by atoms with van der Waals surface area (Å²) in [5, 5.41) is 18.1. The molecule has 2 N–H and O–H groups in total. The maximum atomic E-state index is 9.10. The van der Waals surface area contributed by atoms with Crippen molar-refractivity contribution >= 4 is 18.7 Å². The van der Waals surface area contributed by atoms with Crippen molar-refractivity contribution in [3.8, 4) is 11.5 Å². The van der Waals surface area contributed by atoms with Crippen LogP contribution in [-0.4, -0.2) is 16.0 Å². The minimum absolute atomic E-state index is 0.0991. The molecular formula is C9H10O2S. The normalized spacial score (nSPS) is 10.8. The lowest BCUT2D eigenvalue weighted by Gasteiger charge is -1.97. The van der Waals surface area contributed by atoms with Gasteiger partial charge in [0.05, 0.1) is 0 Å². The summed E-state index contributed by atoms with van der Waals surface area (Å²) in [5.41, 5.74) is 0.847. The van der Waals surface area contributed by atoms with E-state index in [-0.39, 0.29) is 11.5 Å². The molecule has 0 amide bonds. The van der Waals surface area contributed by atoms with Crippen molar-refractivity contribution in [2.45, 2.75) is 0 Å². The highest BCUT2D eigenvalue weighted by atomic mass is 32.1. The van der Waals surface area contributed by atoms with Gasteiger partial charge in [-0.1, -0.05) is 18.2 Å². The highest BCUT2D eigenvalue weighted by Gasteiger charge is 1.96. The Morgan fingerprint density at radius 1 is 1.25 bits per heavy atom. The number of hydrogen-bond acceptors (Lipinski definition) is 3. The summed E-state index contributed by atoms with van der Waals surface area (Å²) < 4.78 is 0. The Kier molecular flexibility index (Phi) is 3.05. The molecule has 0 aromatic heterocycles. The van der Waals surface area contributed by atoms with Crippen LogP contribution in [0.5, 0.6) is 11.5 Å². The first-order valence-corrected chi connectivity index (χ1v) is 4.16. The molecule has 0 heterocycles. The van der Waals surface area contributed by atoms with Crippen molar-refractivity contribution in [3.63, 3.8) is 0 Å². The van der Waals surface area contributed by atoms with E-state index in [9.17, 15) is 0 Å². The van der Waals surface area contributed by atoms with Crippen LogP contribution in [0.25, 0.3) is 6.08 Å². The molecule has 1 aromatic carbocycles. The SMILES string of the molecule is Oc1ccc(C=CCS)cc1O. The van der Waals surface area contributed by atoms with Crippen molar-refractivity contribution in [3.05, 3.63) is 29.8 Å². The molecule has 0 aliphatic carbocycles.